The van der Waals surface area contributed by atoms with E-state index in [1.54, 1.807) is 0 Å². The maximum atomic E-state index is 12.5. The molecule has 4 rings (SSSR count). The van der Waals surface area contributed by atoms with E-state index in [0.29, 0.717) is 6.42 Å². The molecule has 6 heteroatoms. The second kappa shape index (κ2) is 6.02. The number of carbonyl (C=O) groups excluding carboxylic acids is 1. The largest absolute Gasteiger partial charge is 0.465 e. The van der Waals surface area contributed by atoms with Crippen molar-refractivity contribution in [3.05, 3.63) is 41.6 Å². The molecular formula is C19H26N4O2. The molecule has 0 aliphatic carbocycles. The SMILES string of the molecule is Cc1ccc(CN2CCC3(CC2)[C@@H](c2cnn(C)c2)CC(=O)N3C)o1. The molecule has 0 bridgehead atoms. The Kier molecular flexibility index (Phi) is 3.95. The highest BCUT2D eigenvalue weighted by Crippen LogP contribution is 2.48. The van der Waals surface area contributed by atoms with Crippen LogP contribution in [0.4, 0.5) is 0 Å². The minimum atomic E-state index is -0.0737. The van der Waals surface area contributed by atoms with E-state index >= 15 is 0 Å². The molecule has 2 aromatic heterocycles. The maximum Gasteiger partial charge on any atom is 0.223 e. The molecule has 25 heavy (non-hydrogen) atoms. The molecule has 134 valence electrons. The van der Waals surface area contributed by atoms with Crippen LogP contribution in [0.5, 0.6) is 0 Å². The Morgan fingerprint density at radius 2 is 2.04 bits per heavy atom. The van der Waals surface area contributed by atoms with Crippen LogP contribution in [0.15, 0.2) is 28.9 Å². The van der Waals surface area contributed by atoms with Crippen molar-refractivity contribution in [1.29, 1.82) is 0 Å². The zero-order chi connectivity index (χ0) is 17.6. The van der Waals surface area contributed by atoms with Gasteiger partial charge in [0, 0.05) is 45.7 Å². The fourth-order valence-electron chi connectivity index (χ4n) is 4.60. The lowest BCUT2D eigenvalue weighted by Crippen LogP contribution is -2.53. The molecule has 0 N–H and O–H groups in total. The molecule has 0 saturated carbocycles. The number of nitrogens with zero attached hydrogens (tertiary/aromatic N) is 4. The third-order valence-corrected chi connectivity index (χ3v) is 6.09. The fraction of sp³-hybridized carbons (Fsp3) is 0.579. The molecule has 2 aliphatic rings. The molecule has 0 radical (unpaired) electrons. The molecular weight excluding hydrogens is 316 g/mol. The van der Waals surface area contributed by atoms with Gasteiger partial charge in [0.2, 0.25) is 5.91 Å². The van der Waals surface area contributed by atoms with Crippen molar-refractivity contribution < 1.29 is 9.21 Å². The van der Waals surface area contributed by atoms with Crippen LogP contribution in [0.1, 0.15) is 42.3 Å². The Bertz CT molecular complexity index is 770. The maximum absolute atomic E-state index is 12.5. The summed E-state index contributed by atoms with van der Waals surface area (Å²) < 4.78 is 7.55. The van der Waals surface area contributed by atoms with E-state index < -0.39 is 0 Å². The number of aryl methyl sites for hydroxylation is 2. The van der Waals surface area contributed by atoms with Crippen LogP contribution < -0.4 is 0 Å². The Morgan fingerprint density at radius 3 is 2.64 bits per heavy atom. The quantitative estimate of drug-likeness (QED) is 0.859. The monoisotopic (exact) mass is 342 g/mol. The number of hydrogen-bond acceptors (Lipinski definition) is 4. The molecule has 0 unspecified atom stereocenters. The molecule has 0 aromatic carbocycles. The second-order valence-electron chi connectivity index (χ2n) is 7.55. The predicted molar refractivity (Wildman–Crippen MR) is 94.0 cm³/mol. The zero-order valence-electron chi connectivity index (χ0n) is 15.2. The van der Waals surface area contributed by atoms with Crippen molar-refractivity contribution in [2.75, 3.05) is 20.1 Å². The normalized spacial score (nSPS) is 23.7. The summed E-state index contributed by atoms with van der Waals surface area (Å²) in [6.45, 7) is 4.79. The van der Waals surface area contributed by atoms with Gasteiger partial charge in [-0.15, -0.1) is 0 Å². The Labute approximate surface area is 148 Å². The lowest BCUT2D eigenvalue weighted by atomic mass is 9.74. The Balaban J connectivity index is 1.51. The van der Waals surface area contributed by atoms with E-state index in [0.717, 1.165) is 44.0 Å². The highest BCUT2D eigenvalue weighted by Gasteiger charge is 2.52. The molecule has 1 amide bonds. The van der Waals surface area contributed by atoms with Crippen molar-refractivity contribution in [3.8, 4) is 0 Å². The van der Waals surface area contributed by atoms with Gasteiger partial charge >= 0.3 is 0 Å². The molecule has 2 fully saturated rings. The van der Waals surface area contributed by atoms with Crippen LogP contribution in [0.2, 0.25) is 0 Å². The summed E-state index contributed by atoms with van der Waals surface area (Å²) in [7, 11) is 3.91. The average molecular weight is 342 g/mol. The first-order valence-electron chi connectivity index (χ1n) is 9.01. The number of furan rings is 1. The summed E-state index contributed by atoms with van der Waals surface area (Å²) >= 11 is 0. The van der Waals surface area contributed by atoms with Gasteiger partial charge in [-0.2, -0.15) is 5.10 Å². The Morgan fingerprint density at radius 1 is 1.28 bits per heavy atom. The lowest BCUT2D eigenvalue weighted by Gasteiger charge is -2.46. The third-order valence-electron chi connectivity index (χ3n) is 6.09. The number of piperidine rings is 1. The van der Waals surface area contributed by atoms with Crippen LogP contribution in [0, 0.1) is 6.92 Å². The van der Waals surface area contributed by atoms with Crippen LogP contribution in [-0.2, 0) is 18.4 Å². The minimum absolute atomic E-state index is 0.0737. The van der Waals surface area contributed by atoms with E-state index in [2.05, 4.69) is 22.3 Å². The van der Waals surface area contributed by atoms with E-state index in [9.17, 15) is 4.79 Å². The van der Waals surface area contributed by atoms with Gasteiger partial charge < -0.3 is 9.32 Å². The zero-order valence-corrected chi connectivity index (χ0v) is 15.2. The molecule has 4 heterocycles. The van der Waals surface area contributed by atoms with Gasteiger partial charge in [-0.3, -0.25) is 14.4 Å². The first kappa shape index (κ1) is 16.4. The number of aromatic nitrogens is 2. The van der Waals surface area contributed by atoms with E-state index in [4.69, 9.17) is 4.42 Å². The number of hydrogen-bond donors (Lipinski definition) is 0. The molecule has 2 saturated heterocycles. The van der Waals surface area contributed by atoms with Crippen LogP contribution in [-0.4, -0.2) is 51.2 Å². The highest BCUT2D eigenvalue weighted by atomic mass is 16.3. The first-order valence-corrected chi connectivity index (χ1v) is 9.01. The molecule has 1 atom stereocenters. The van der Waals surface area contributed by atoms with E-state index in [1.807, 2.05) is 42.9 Å². The number of likely N-dealkylation sites (tertiary alicyclic amines) is 2. The molecule has 6 nitrogen and oxygen atoms in total. The third kappa shape index (κ3) is 2.78. The van der Waals surface area contributed by atoms with Gasteiger partial charge in [0.1, 0.15) is 11.5 Å². The number of carbonyl (C=O) groups is 1. The first-order chi connectivity index (χ1) is 12.0. The van der Waals surface area contributed by atoms with Crippen molar-refractivity contribution in [2.45, 2.75) is 44.2 Å². The summed E-state index contributed by atoms with van der Waals surface area (Å²) in [5, 5.41) is 4.33. The summed E-state index contributed by atoms with van der Waals surface area (Å²) in [6.07, 6.45) is 6.58. The lowest BCUT2D eigenvalue weighted by molar-refractivity contribution is -0.130. The van der Waals surface area contributed by atoms with Gasteiger partial charge in [-0.1, -0.05) is 0 Å². The van der Waals surface area contributed by atoms with Crippen molar-refractivity contribution in [2.24, 2.45) is 7.05 Å². The van der Waals surface area contributed by atoms with Crippen molar-refractivity contribution >= 4 is 5.91 Å². The van der Waals surface area contributed by atoms with Gasteiger partial charge in [0.05, 0.1) is 18.3 Å². The van der Waals surface area contributed by atoms with Crippen molar-refractivity contribution in [3.63, 3.8) is 0 Å². The standard InChI is InChI=1S/C19H26N4O2/c1-14-4-5-16(25-14)13-23-8-6-19(7-9-23)17(10-18(24)22(19)3)15-11-20-21(2)12-15/h4-5,11-12,17H,6-10,13H2,1-3H3/t17-/m1/s1. The number of likely N-dealkylation sites (N-methyl/N-ethyl adjacent to an activating group) is 1. The van der Waals surface area contributed by atoms with E-state index in [1.165, 1.54) is 5.56 Å². The van der Waals surface area contributed by atoms with E-state index in [-0.39, 0.29) is 17.4 Å². The topological polar surface area (TPSA) is 54.5 Å². The molecule has 2 aromatic rings. The average Bonchev–Trinajstić information content (AvgIpc) is 3.26. The summed E-state index contributed by atoms with van der Waals surface area (Å²) in [5.41, 5.74) is 1.12. The smallest absolute Gasteiger partial charge is 0.223 e. The van der Waals surface area contributed by atoms with Crippen LogP contribution in [0.25, 0.3) is 0 Å². The number of amides is 1. The summed E-state index contributed by atoms with van der Waals surface area (Å²) in [4.78, 5) is 16.9. The van der Waals surface area contributed by atoms with Crippen LogP contribution >= 0.6 is 0 Å². The minimum Gasteiger partial charge on any atom is -0.465 e. The Hall–Kier alpha value is -2.08. The van der Waals surface area contributed by atoms with Crippen LogP contribution in [0.3, 0.4) is 0 Å². The number of rotatable bonds is 3. The summed E-state index contributed by atoms with van der Waals surface area (Å²) in [6, 6.07) is 4.08. The van der Waals surface area contributed by atoms with Gasteiger partial charge in [-0.05, 0) is 37.5 Å². The molecule has 1 spiro atoms. The second-order valence-corrected chi connectivity index (χ2v) is 7.55. The van der Waals surface area contributed by atoms with Crippen molar-refractivity contribution in [1.82, 2.24) is 19.6 Å². The fourth-order valence-corrected chi connectivity index (χ4v) is 4.60. The summed E-state index contributed by atoms with van der Waals surface area (Å²) in [5.74, 6) is 2.48. The predicted octanol–water partition coefficient (Wildman–Crippen LogP) is 2.30. The van der Waals surface area contributed by atoms with Gasteiger partial charge in [-0.25, -0.2) is 0 Å². The van der Waals surface area contributed by atoms with Gasteiger partial charge in [0.15, 0.2) is 0 Å². The highest BCUT2D eigenvalue weighted by molar-refractivity contribution is 5.81. The van der Waals surface area contributed by atoms with Gasteiger partial charge in [0.25, 0.3) is 0 Å². The molecule has 2 aliphatic heterocycles.